The Hall–Kier alpha value is -3.03. The maximum Gasteiger partial charge on any atom is 0.298 e. The van der Waals surface area contributed by atoms with E-state index in [1.807, 2.05) is 49.4 Å². The maximum atomic E-state index is 13.2. The second-order valence-electron chi connectivity index (χ2n) is 7.26. The molecule has 4 aromatic rings. The van der Waals surface area contributed by atoms with Gasteiger partial charge in [-0.2, -0.15) is 0 Å². The highest BCUT2D eigenvalue weighted by Crippen LogP contribution is 2.30. The summed E-state index contributed by atoms with van der Waals surface area (Å²) in [6.07, 6.45) is 0.712. The molecule has 29 heavy (non-hydrogen) atoms. The third kappa shape index (κ3) is 3.12. The molecular weight excluding hydrogens is 384 g/mol. The number of benzene rings is 2. The zero-order valence-corrected chi connectivity index (χ0v) is 16.8. The van der Waals surface area contributed by atoms with Crippen LogP contribution < -0.4 is 10.6 Å². The average molecular weight is 407 g/mol. The fraction of sp³-hybridized carbons (Fsp3) is 0.227. The molecule has 0 aliphatic carbocycles. The molecule has 5 rings (SSSR count). The number of anilines is 1. The predicted octanol–water partition coefficient (Wildman–Crippen LogP) is 3.77. The number of ketones is 1. The summed E-state index contributed by atoms with van der Waals surface area (Å²) >= 11 is 1.38. The van der Waals surface area contributed by atoms with Gasteiger partial charge in [-0.15, -0.1) is 0 Å². The SMILES string of the molecule is Cc1ccc2nc(NC(=O)C(=O)c3c4n(c5ccccc35)CCNCC4)sc2c1.[HH]. The summed E-state index contributed by atoms with van der Waals surface area (Å²) < 4.78 is 3.15. The van der Waals surface area contributed by atoms with Gasteiger partial charge >= 0.3 is 0 Å². The minimum atomic E-state index is -0.642. The predicted molar refractivity (Wildman–Crippen MR) is 118 cm³/mol. The molecule has 7 heteroatoms. The number of carbonyl (C=O) groups is 2. The Balaban J connectivity index is 0.00000218. The maximum absolute atomic E-state index is 13.2. The summed E-state index contributed by atoms with van der Waals surface area (Å²) in [6, 6.07) is 13.7. The molecule has 2 aromatic heterocycles. The van der Waals surface area contributed by atoms with E-state index < -0.39 is 11.7 Å². The zero-order valence-electron chi connectivity index (χ0n) is 16.0. The molecule has 0 saturated heterocycles. The van der Waals surface area contributed by atoms with Crippen molar-refractivity contribution >= 4 is 49.3 Å². The lowest BCUT2D eigenvalue weighted by molar-refractivity contribution is -0.112. The van der Waals surface area contributed by atoms with Crippen molar-refractivity contribution in [2.45, 2.75) is 19.9 Å². The van der Waals surface area contributed by atoms with Crippen molar-refractivity contribution in [2.75, 3.05) is 18.4 Å². The van der Waals surface area contributed by atoms with Crippen LogP contribution in [0.1, 0.15) is 23.0 Å². The molecule has 1 amide bonds. The average Bonchev–Trinajstić information content (AvgIpc) is 3.14. The Bertz CT molecular complexity index is 1280. The van der Waals surface area contributed by atoms with E-state index in [2.05, 4.69) is 20.2 Å². The molecule has 1 aliphatic rings. The summed E-state index contributed by atoms with van der Waals surface area (Å²) in [7, 11) is 0. The van der Waals surface area contributed by atoms with Crippen LogP contribution in [0.25, 0.3) is 21.1 Å². The van der Waals surface area contributed by atoms with Crippen molar-refractivity contribution in [3.8, 4) is 0 Å². The standard InChI is InChI=1S/C22H20N4O2S.H2/c1-13-6-7-15-18(12-13)29-22(24-15)25-21(28)20(27)19-14-4-2-3-5-16(14)26-11-10-23-9-8-17(19)26;/h2-7,12,23H,8-11H2,1H3,(H,24,25,28);1H. The Morgan fingerprint density at radius 2 is 2.07 bits per heavy atom. The Kier molecular flexibility index (Phi) is 4.41. The van der Waals surface area contributed by atoms with Gasteiger partial charge in [0.25, 0.3) is 11.7 Å². The molecular formula is C22H22N4O2S. The zero-order chi connectivity index (χ0) is 20.0. The van der Waals surface area contributed by atoms with Gasteiger partial charge in [0.15, 0.2) is 5.13 Å². The topological polar surface area (TPSA) is 76.0 Å². The van der Waals surface area contributed by atoms with E-state index in [1.165, 1.54) is 11.3 Å². The van der Waals surface area contributed by atoms with Crippen molar-refractivity contribution in [3.63, 3.8) is 0 Å². The molecule has 1 aliphatic heterocycles. The van der Waals surface area contributed by atoms with E-state index in [-0.39, 0.29) is 1.43 Å². The van der Waals surface area contributed by atoms with Crippen LogP contribution in [-0.4, -0.2) is 34.3 Å². The highest BCUT2D eigenvalue weighted by Gasteiger charge is 2.28. The minimum absolute atomic E-state index is 0. The molecule has 0 spiro atoms. The van der Waals surface area contributed by atoms with Crippen LogP contribution in [0, 0.1) is 6.92 Å². The first-order valence-corrected chi connectivity index (χ1v) is 10.5. The number of hydrogen-bond donors (Lipinski definition) is 2. The van der Waals surface area contributed by atoms with Gasteiger partial charge in [-0.3, -0.25) is 14.9 Å². The number of nitrogens with one attached hydrogen (secondary N) is 2. The minimum Gasteiger partial charge on any atom is -0.343 e. The first-order valence-electron chi connectivity index (χ1n) is 9.65. The van der Waals surface area contributed by atoms with Crippen LogP contribution in [0.15, 0.2) is 42.5 Å². The number of para-hydroxylation sites is 1. The number of nitrogens with zero attached hydrogens (tertiary/aromatic N) is 2. The lowest BCUT2D eigenvalue weighted by Gasteiger charge is -2.06. The summed E-state index contributed by atoms with van der Waals surface area (Å²) in [5.41, 5.74) is 4.39. The van der Waals surface area contributed by atoms with Gasteiger partial charge in [0.1, 0.15) is 0 Å². The number of fused-ring (bicyclic) bond motifs is 4. The number of thiazole rings is 1. The second kappa shape index (κ2) is 7.09. The number of rotatable bonds is 3. The van der Waals surface area contributed by atoms with E-state index in [9.17, 15) is 9.59 Å². The number of aromatic nitrogens is 2. The Labute approximate surface area is 173 Å². The van der Waals surface area contributed by atoms with Crippen LogP contribution in [0.3, 0.4) is 0 Å². The molecule has 6 nitrogen and oxygen atoms in total. The molecule has 0 atom stereocenters. The number of carbonyl (C=O) groups excluding carboxylic acids is 2. The lowest BCUT2D eigenvalue weighted by Crippen LogP contribution is -2.24. The van der Waals surface area contributed by atoms with Crippen molar-refractivity contribution in [1.29, 1.82) is 0 Å². The molecule has 0 radical (unpaired) electrons. The second-order valence-corrected chi connectivity index (χ2v) is 8.29. The number of Topliss-reactive ketones (excluding diaryl/α,β-unsaturated/α-hetero) is 1. The first kappa shape index (κ1) is 18.0. The van der Waals surface area contributed by atoms with E-state index in [0.717, 1.165) is 52.0 Å². The van der Waals surface area contributed by atoms with Crippen molar-refractivity contribution in [2.24, 2.45) is 0 Å². The smallest absolute Gasteiger partial charge is 0.298 e. The van der Waals surface area contributed by atoms with Crippen LogP contribution >= 0.6 is 11.3 Å². The summed E-state index contributed by atoms with van der Waals surface area (Å²) in [5.74, 6) is -1.15. The fourth-order valence-electron chi connectivity index (χ4n) is 4.00. The van der Waals surface area contributed by atoms with Crippen LogP contribution in [0.5, 0.6) is 0 Å². The van der Waals surface area contributed by atoms with Gasteiger partial charge in [-0.25, -0.2) is 4.98 Å². The van der Waals surface area contributed by atoms with Crippen molar-refractivity contribution in [1.82, 2.24) is 14.9 Å². The first-order chi connectivity index (χ1) is 14.1. The molecule has 148 valence electrons. The van der Waals surface area contributed by atoms with Crippen molar-refractivity contribution < 1.29 is 11.0 Å². The summed E-state index contributed by atoms with van der Waals surface area (Å²) in [4.78, 5) is 30.5. The summed E-state index contributed by atoms with van der Waals surface area (Å²) in [5, 5.41) is 7.36. The van der Waals surface area contributed by atoms with Crippen LogP contribution in [-0.2, 0) is 17.8 Å². The number of hydrogen-bond acceptors (Lipinski definition) is 5. The fourth-order valence-corrected chi connectivity index (χ4v) is 4.96. The van der Waals surface area contributed by atoms with Gasteiger partial charge in [0.2, 0.25) is 0 Å². The van der Waals surface area contributed by atoms with Crippen molar-refractivity contribution in [3.05, 3.63) is 59.3 Å². The largest absolute Gasteiger partial charge is 0.343 e. The van der Waals surface area contributed by atoms with Crippen LogP contribution in [0.4, 0.5) is 5.13 Å². The molecule has 0 unspecified atom stereocenters. The van der Waals surface area contributed by atoms with Gasteiger partial charge in [0.05, 0.1) is 15.8 Å². The van der Waals surface area contributed by atoms with Gasteiger partial charge in [-0.1, -0.05) is 35.6 Å². The number of aryl methyl sites for hydroxylation is 1. The van der Waals surface area contributed by atoms with E-state index in [4.69, 9.17) is 0 Å². The van der Waals surface area contributed by atoms with Gasteiger partial charge in [-0.05, 0) is 30.7 Å². The third-order valence-electron chi connectivity index (χ3n) is 5.33. The van der Waals surface area contributed by atoms with E-state index in [0.29, 0.717) is 17.1 Å². The molecule has 0 saturated carbocycles. The van der Waals surface area contributed by atoms with Crippen LogP contribution in [0.2, 0.25) is 0 Å². The number of amides is 1. The lowest BCUT2D eigenvalue weighted by atomic mass is 10.0. The third-order valence-corrected chi connectivity index (χ3v) is 6.26. The van der Waals surface area contributed by atoms with Gasteiger partial charge in [0, 0.05) is 44.1 Å². The molecule has 2 aromatic carbocycles. The Morgan fingerprint density at radius 1 is 1.21 bits per heavy atom. The monoisotopic (exact) mass is 406 g/mol. The molecule has 2 N–H and O–H groups in total. The van der Waals surface area contributed by atoms with E-state index >= 15 is 0 Å². The van der Waals surface area contributed by atoms with E-state index in [1.54, 1.807) is 0 Å². The quantitative estimate of drug-likeness (QED) is 0.401. The molecule has 0 fully saturated rings. The summed E-state index contributed by atoms with van der Waals surface area (Å²) in [6.45, 7) is 4.42. The molecule has 3 heterocycles. The highest BCUT2D eigenvalue weighted by atomic mass is 32.1. The molecule has 0 bridgehead atoms. The Morgan fingerprint density at radius 3 is 2.97 bits per heavy atom. The normalized spacial score (nSPS) is 14.0. The van der Waals surface area contributed by atoms with Gasteiger partial charge < -0.3 is 9.88 Å². The highest BCUT2D eigenvalue weighted by molar-refractivity contribution is 7.22.